The lowest BCUT2D eigenvalue weighted by Crippen LogP contribution is -2.39. The van der Waals surface area contributed by atoms with Crippen molar-refractivity contribution < 1.29 is 14.3 Å². The Hall–Kier alpha value is -3.34. The van der Waals surface area contributed by atoms with Crippen LogP contribution in [0.15, 0.2) is 66.7 Å². The number of ether oxygens (including phenoxy) is 2. The number of amides is 1. The Labute approximate surface area is 182 Å². The SMILES string of the molecule is O=C(NC1CCCCC1)C1O/C(=C\COc2ccccc2)c2nc3ccccc3cc21. The number of aromatic nitrogens is 1. The quantitative estimate of drug-likeness (QED) is 0.625. The summed E-state index contributed by atoms with van der Waals surface area (Å²) in [6.45, 7) is 0.338. The van der Waals surface area contributed by atoms with Crippen LogP contribution in [0.4, 0.5) is 0 Å². The van der Waals surface area contributed by atoms with Gasteiger partial charge < -0.3 is 14.8 Å². The number of benzene rings is 2. The number of pyridine rings is 1. The molecule has 1 amide bonds. The van der Waals surface area contributed by atoms with Crippen molar-refractivity contribution in [3.05, 3.63) is 78.0 Å². The molecular weight excluding hydrogens is 388 g/mol. The summed E-state index contributed by atoms with van der Waals surface area (Å²) in [6.07, 6.45) is 6.84. The lowest BCUT2D eigenvalue weighted by Gasteiger charge is -2.24. The van der Waals surface area contributed by atoms with Crippen LogP contribution in [-0.4, -0.2) is 23.5 Å². The van der Waals surface area contributed by atoms with Gasteiger partial charge in [-0.2, -0.15) is 0 Å². The number of carbonyl (C=O) groups is 1. The van der Waals surface area contributed by atoms with Gasteiger partial charge in [-0.25, -0.2) is 4.98 Å². The van der Waals surface area contributed by atoms with Crippen molar-refractivity contribution in [1.29, 1.82) is 0 Å². The number of hydrogen-bond donors (Lipinski definition) is 1. The molecule has 1 fully saturated rings. The molecule has 2 heterocycles. The van der Waals surface area contributed by atoms with Gasteiger partial charge in [-0.05, 0) is 43.2 Å². The number of nitrogens with zero attached hydrogens (tertiary/aromatic N) is 1. The number of carbonyl (C=O) groups excluding carboxylic acids is 1. The Morgan fingerprint density at radius 3 is 2.68 bits per heavy atom. The Morgan fingerprint density at radius 1 is 1.06 bits per heavy atom. The minimum Gasteiger partial charge on any atom is -0.489 e. The molecule has 1 saturated carbocycles. The third-order valence-corrected chi connectivity index (χ3v) is 5.97. The van der Waals surface area contributed by atoms with E-state index >= 15 is 0 Å². The van der Waals surface area contributed by atoms with Gasteiger partial charge in [0.25, 0.3) is 5.91 Å². The highest BCUT2D eigenvalue weighted by atomic mass is 16.5. The maximum Gasteiger partial charge on any atom is 0.266 e. The summed E-state index contributed by atoms with van der Waals surface area (Å²) in [5.74, 6) is 1.30. The van der Waals surface area contributed by atoms with Crippen molar-refractivity contribution in [2.24, 2.45) is 0 Å². The third kappa shape index (κ3) is 4.26. The second-order valence-corrected chi connectivity index (χ2v) is 8.15. The Balaban J connectivity index is 1.41. The van der Waals surface area contributed by atoms with E-state index in [1.165, 1.54) is 19.3 Å². The van der Waals surface area contributed by atoms with Gasteiger partial charge in [0.15, 0.2) is 0 Å². The van der Waals surface area contributed by atoms with Crippen LogP contribution in [-0.2, 0) is 9.53 Å². The first-order valence-corrected chi connectivity index (χ1v) is 11.0. The maximum atomic E-state index is 13.1. The normalized spacial score (nSPS) is 19.7. The first-order chi connectivity index (χ1) is 15.3. The molecule has 1 N–H and O–H groups in total. The van der Waals surface area contributed by atoms with Gasteiger partial charge in [-0.3, -0.25) is 4.79 Å². The zero-order chi connectivity index (χ0) is 21.0. The molecule has 1 aliphatic carbocycles. The molecule has 158 valence electrons. The van der Waals surface area contributed by atoms with E-state index in [9.17, 15) is 4.79 Å². The lowest BCUT2D eigenvalue weighted by atomic mass is 9.95. The number of fused-ring (bicyclic) bond motifs is 2. The fourth-order valence-corrected chi connectivity index (χ4v) is 4.37. The van der Waals surface area contributed by atoms with Gasteiger partial charge in [0.05, 0.1) is 5.52 Å². The smallest absolute Gasteiger partial charge is 0.266 e. The molecule has 0 spiro atoms. The maximum absolute atomic E-state index is 13.1. The van der Waals surface area contributed by atoms with E-state index in [1.807, 2.05) is 66.7 Å². The van der Waals surface area contributed by atoms with Crippen LogP contribution in [0.3, 0.4) is 0 Å². The van der Waals surface area contributed by atoms with Crippen LogP contribution in [0.5, 0.6) is 5.75 Å². The van der Waals surface area contributed by atoms with Crippen LogP contribution in [0.1, 0.15) is 49.5 Å². The van der Waals surface area contributed by atoms with Crippen molar-refractivity contribution >= 4 is 22.6 Å². The Morgan fingerprint density at radius 2 is 1.84 bits per heavy atom. The summed E-state index contributed by atoms with van der Waals surface area (Å²) in [7, 11) is 0. The van der Waals surface area contributed by atoms with Gasteiger partial charge in [0, 0.05) is 17.0 Å². The molecule has 5 nitrogen and oxygen atoms in total. The van der Waals surface area contributed by atoms with Gasteiger partial charge >= 0.3 is 0 Å². The van der Waals surface area contributed by atoms with Gasteiger partial charge in [0.2, 0.25) is 6.10 Å². The highest BCUT2D eigenvalue weighted by Crippen LogP contribution is 2.39. The molecular formula is C26H26N2O3. The molecule has 2 aliphatic rings. The van der Waals surface area contributed by atoms with E-state index < -0.39 is 6.10 Å². The fourth-order valence-electron chi connectivity index (χ4n) is 4.37. The summed E-state index contributed by atoms with van der Waals surface area (Å²) in [5.41, 5.74) is 2.42. The predicted molar refractivity (Wildman–Crippen MR) is 120 cm³/mol. The van der Waals surface area contributed by atoms with Gasteiger partial charge in [0.1, 0.15) is 23.8 Å². The predicted octanol–water partition coefficient (Wildman–Crippen LogP) is 5.17. The Bertz CT molecular complexity index is 1100. The van der Waals surface area contributed by atoms with E-state index in [0.29, 0.717) is 12.4 Å². The molecule has 2 aromatic carbocycles. The van der Waals surface area contributed by atoms with Crippen LogP contribution in [0.2, 0.25) is 0 Å². The van der Waals surface area contributed by atoms with Crippen LogP contribution in [0.25, 0.3) is 16.7 Å². The van der Waals surface area contributed by atoms with Crippen molar-refractivity contribution in [3.8, 4) is 5.75 Å². The van der Waals surface area contributed by atoms with Crippen molar-refractivity contribution in [2.75, 3.05) is 6.61 Å². The van der Waals surface area contributed by atoms with Crippen LogP contribution < -0.4 is 10.1 Å². The van der Waals surface area contributed by atoms with E-state index in [0.717, 1.165) is 40.8 Å². The second-order valence-electron chi connectivity index (χ2n) is 8.15. The summed E-state index contributed by atoms with van der Waals surface area (Å²) >= 11 is 0. The molecule has 5 heteroatoms. The molecule has 1 aromatic heterocycles. The molecule has 31 heavy (non-hydrogen) atoms. The summed E-state index contributed by atoms with van der Waals surface area (Å²) < 4.78 is 12.0. The Kier molecular flexibility index (Phi) is 5.57. The molecule has 0 bridgehead atoms. The molecule has 0 radical (unpaired) electrons. The average Bonchev–Trinajstić information content (AvgIpc) is 3.16. The summed E-state index contributed by atoms with van der Waals surface area (Å²) in [4.78, 5) is 17.9. The molecule has 1 unspecified atom stereocenters. The monoisotopic (exact) mass is 414 g/mol. The lowest BCUT2D eigenvalue weighted by molar-refractivity contribution is -0.129. The van der Waals surface area contributed by atoms with Crippen LogP contribution in [0, 0.1) is 0 Å². The molecule has 5 rings (SSSR count). The first-order valence-electron chi connectivity index (χ1n) is 11.0. The van der Waals surface area contributed by atoms with E-state index in [1.54, 1.807) is 0 Å². The van der Waals surface area contributed by atoms with Crippen molar-refractivity contribution in [2.45, 2.75) is 44.2 Å². The summed E-state index contributed by atoms with van der Waals surface area (Å²) in [5, 5.41) is 4.20. The molecule has 0 saturated heterocycles. The second kappa shape index (κ2) is 8.80. The molecule has 3 aromatic rings. The zero-order valence-electron chi connectivity index (χ0n) is 17.4. The zero-order valence-corrected chi connectivity index (χ0v) is 17.4. The number of para-hydroxylation sites is 2. The fraction of sp³-hybridized carbons (Fsp3) is 0.308. The third-order valence-electron chi connectivity index (χ3n) is 5.97. The minimum atomic E-state index is -0.683. The van der Waals surface area contributed by atoms with E-state index in [-0.39, 0.29) is 11.9 Å². The van der Waals surface area contributed by atoms with Gasteiger partial charge in [-0.1, -0.05) is 55.7 Å². The van der Waals surface area contributed by atoms with Crippen molar-refractivity contribution in [3.63, 3.8) is 0 Å². The standard InChI is InChI=1S/C26H26N2O3/c29-26(27-19-10-3-1-4-11-19)25-21-17-18-9-7-8-14-22(18)28-24(21)23(31-25)15-16-30-20-12-5-2-6-13-20/h2,5-9,12-15,17,19,25H,1,3-4,10-11,16H2,(H,27,29)/b23-15-. The van der Waals surface area contributed by atoms with Crippen molar-refractivity contribution in [1.82, 2.24) is 10.3 Å². The van der Waals surface area contributed by atoms with Gasteiger partial charge in [-0.15, -0.1) is 0 Å². The van der Waals surface area contributed by atoms with E-state index in [2.05, 4.69) is 5.32 Å². The topological polar surface area (TPSA) is 60.5 Å². The highest BCUT2D eigenvalue weighted by Gasteiger charge is 2.36. The molecule has 1 atom stereocenters. The summed E-state index contributed by atoms with van der Waals surface area (Å²) in [6, 6.07) is 19.8. The van der Waals surface area contributed by atoms with E-state index in [4.69, 9.17) is 14.5 Å². The number of rotatable bonds is 5. The number of hydrogen-bond acceptors (Lipinski definition) is 4. The first kappa shape index (κ1) is 19.6. The average molecular weight is 415 g/mol. The largest absolute Gasteiger partial charge is 0.489 e. The molecule has 1 aliphatic heterocycles. The minimum absolute atomic E-state index is 0.0855. The highest BCUT2D eigenvalue weighted by molar-refractivity contribution is 5.90. The van der Waals surface area contributed by atoms with Crippen LogP contribution >= 0.6 is 0 Å². The number of nitrogens with one attached hydrogen (secondary N) is 1.